The highest BCUT2D eigenvalue weighted by Crippen LogP contribution is 2.38. The Morgan fingerprint density at radius 3 is 2.76 bits per heavy atom. The Morgan fingerprint density at radius 2 is 2.19 bits per heavy atom. The Kier molecular flexibility index (Phi) is 5.29. The van der Waals surface area contributed by atoms with E-state index in [1.807, 2.05) is 13.8 Å². The van der Waals surface area contributed by atoms with Crippen molar-refractivity contribution in [3.63, 3.8) is 0 Å². The van der Waals surface area contributed by atoms with Crippen LogP contribution >= 0.6 is 39.9 Å². The quantitative estimate of drug-likeness (QED) is 0.629. The van der Waals surface area contributed by atoms with Crippen molar-refractivity contribution in [3.8, 4) is 11.5 Å². The molecule has 0 aliphatic carbocycles. The Labute approximate surface area is 141 Å². The standard InChI is InChI=1S/C14H14BrNO3S2/c1-3-16-13(18)11(21-14(16)20)7-8-5-9(15)12(17)10(6-8)19-4-2/h5-7,17H,3-4H2,1-2H3/b11-7-. The maximum absolute atomic E-state index is 12.2. The molecule has 21 heavy (non-hydrogen) atoms. The van der Waals surface area contributed by atoms with Crippen molar-refractivity contribution in [1.82, 2.24) is 4.90 Å². The number of hydrogen-bond acceptors (Lipinski definition) is 5. The summed E-state index contributed by atoms with van der Waals surface area (Å²) in [6, 6.07) is 3.43. The zero-order valence-electron chi connectivity index (χ0n) is 11.6. The molecular formula is C14H14BrNO3S2. The second-order valence-corrected chi connectivity index (χ2v) is 6.74. The predicted molar refractivity (Wildman–Crippen MR) is 92.5 cm³/mol. The van der Waals surface area contributed by atoms with E-state index in [0.717, 1.165) is 5.56 Å². The molecule has 0 spiro atoms. The van der Waals surface area contributed by atoms with Crippen LogP contribution in [0.15, 0.2) is 21.5 Å². The molecule has 1 aliphatic rings. The highest BCUT2D eigenvalue weighted by molar-refractivity contribution is 9.10. The third kappa shape index (κ3) is 3.41. The number of hydrogen-bond donors (Lipinski definition) is 1. The number of phenols is 1. The van der Waals surface area contributed by atoms with Crippen LogP contribution in [-0.4, -0.2) is 33.4 Å². The number of nitrogens with zero attached hydrogens (tertiary/aromatic N) is 1. The van der Waals surface area contributed by atoms with Crippen LogP contribution in [0.25, 0.3) is 6.08 Å². The minimum atomic E-state index is -0.0883. The number of carbonyl (C=O) groups is 1. The second-order valence-electron chi connectivity index (χ2n) is 4.21. The monoisotopic (exact) mass is 387 g/mol. The van der Waals surface area contributed by atoms with Crippen LogP contribution in [0.5, 0.6) is 11.5 Å². The molecule has 1 N–H and O–H groups in total. The molecule has 0 aromatic heterocycles. The first-order chi connectivity index (χ1) is 9.97. The second kappa shape index (κ2) is 6.81. The van der Waals surface area contributed by atoms with Gasteiger partial charge in [-0.1, -0.05) is 24.0 Å². The Balaban J connectivity index is 2.37. The minimum absolute atomic E-state index is 0.0510. The van der Waals surface area contributed by atoms with E-state index in [4.69, 9.17) is 17.0 Å². The molecular weight excluding hydrogens is 374 g/mol. The lowest BCUT2D eigenvalue weighted by Gasteiger charge is -2.10. The zero-order chi connectivity index (χ0) is 15.6. The van der Waals surface area contributed by atoms with Gasteiger partial charge in [0.1, 0.15) is 4.32 Å². The van der Waals surface area contributed by atoms with Crippen molar-refractivity contribution in [2.24, 2.45) is 0 Å². The van der Waals surface area contributed by atoms with E-state index in [0.29, 0.717) is 32.6 Å². The molecule has 1 amide bonds. The fourth-order valence-electron chi connectivity index (χ4n) is 1.87. The first-order valence-corrected chi connectivity index (χ1v) is 8.40. The van der Waals surface area contributed by atoms with Crippen molar-refractivity contribution in [3.05, 3.63) is 27.1 Å². The third-order valence-corrected chi connectivity index (χ3v) is 4.82. The smallest absolute Gasteiger partial charge is 0.266 e. The number of thioether (sulfide) groups is 1. The highest BCUT2D eigenvalue weighted by Gasteiger charge is 2.30. The first-order valence-electron chi connectivity index (χ1n) is 6.38. The summed E-state index contributed by atoms with van der Waals surface area (Å²) in [6.07, 6.45) is 1.75. The number of amides is 1. The van der Waals surface area contributed by atoms with Crippen molar-refractivity contribution in [1.29, 1.82) is 0 Å². The summed E-state index contributed by atoms with van der Waals surface area (Å²) in [7, 11) is 0. The largest absolute Gasteiger partial charge is 0.503 e. The van der Waals surface area contributed by atoms with Gasteiger partial charge < -0.3 is 9.84 Å². The Morgan fingerprint density at radius 1 is 1.48 bits per heavy atom. The number of aromatic hydroxyl groups is 1. The molecule has 1 aliphatic heterocycles. The number of rotatable bonds is 4. The molecule has 1 saturated heterocycles. The normalized spacial score (nSPS) is 16.9. The molecule has 0 radical (unpaired) electrons. The van der Waals surface area contributed by atoms with Crippen LogP contribution in [0.3, 0.4) is 0 Å². The van der Waals surface area contributed by atoms with Gasteiger partial charge in [0.05, 0.1) is 16.0 Å². The fraction of sp³-hybridized carbons (Fsp3) is 0.286. The van der Waals surface area contributed by atoms with Crippen LogP contribution in [0, 0.1) is 0 Å². The van der Waals surface area contributed by atoms with Crippen LogP contribution < -0.4 is 4.74 Å². The average Bonchev–Trinajstić information content (AvgIpc) is 2.70. The number of ether oxygens (including phenoxy) is 1. The van der Waals surface area contributed by atoms with Crippen molar-refractivity contribution >= 4 is 56.2 Å². The number of halogens is 1. The molecule has 0 saturated carbocycles. The third-order valence-electron chi connectivity index (χ3n) is 2.84. The van der Waals surface area contributed by atoms with E-state index in [-0.39, 0.29) is 11.7 Å². The molecule has 112 valence electrons. The first kappa shape index (κ1) is 16.3. The summed E-state index contributed by atoms with van der Waals surface area (Å²) in [6.45, 7) is 4.73. The minimum Gasteiger partial charge on any atom is -0.503 e. The van der Waals surface area contributed by atoms with E-state index in [1.165, 1.54) is 11.8 Å². The van der Waals surface area contributed by atoms with E-state index in [2.05, 4.69) is 15.9 Å². The van der Waals surface area contributed by atoms with Gasteiger partial charge in [0, 0.05) is 6.54 Å². The van der Waals surface area contributed by atoms with Crippen LogP contribution in [0.4, 0.5) is 0 Å². The summed E-state index contributed by atoms with van der Waals surface area (Å²) in [5, 5.41) is 9.89. The molecule has 1 fully saturated rings. The van der Waals surface area contributed by atoms with E-state index < -0.39 is 0 Å². The van der Waals surface area contributed by atoms with E-state index >= 15 is 0 Å². The van der Waals surface area contributed by atoms with Gasteiger partial charge in [0.15, 0.2) is 11.5 Å². The predicted octanol–water partition coefficient (Wildman–Crippen LogP) is 3.77. The number of thiocarbonyl (C=S) groups is 1. The highest BCUT2D eigenvalue weighted by atomic mass is 79.9. The number of carbonyl (C=O) groups excluding carboxylic acids is 1. The molecule has 1 heterocycles. The maximum atomic E-state index is 12.2. The molecule has 0 bridgehead atoms. The topological polar surface area (TPSA) is 49.8 Å². The van der Waals surface area contributed by atoms with Crippen LogP contribution in [0.2, 0.25) is 0 Å². The van der Waals surface area contributed by atoms with Gasteiger partial charge in [0.2, 0.25) is 0 Å². The SMILES string of the molecule is CCOc1cc(/C=C2\SC(=S)N(CC)C2=O)cc(Br)c1O. The molecule has 1 aromatic carbocycles. The number of likely N-dealkylation sites (N-methyl/N-ethyl adjacent to an activating group) is 1. The van der Waals surface area contributed by atoms with Gasteiger partial charge in [-0.15, -0.1) is 0 Å². The van der Waals surface area contributed by atoms with E-state index in [1.54, 1.807) is 23.1 Å². The van der Waals surface area contributed by atoms with Gasteiger partial charge >= 0.3 is 0 Å². The van der Waals surface area contributed by atoms with Gasteiger partial charge in [-0.3, -0.25) is 9.69 Å². The molecule has 0 unspecified atom stereocenters. The van der Waals surface area contributed by atoms with Crippen molar-refractivity contribution < 1.29 is 14.6 Å². The van der Waals surface area contributed by atoms with Crippen molar-refractivity contribution in [2.45, 2.75) is 13.8 Å². The fourth-order valence-corrected chi connectivity index (χ4v) is 3.71. The van der Waals surface area contributed by atoms with Gasteiger partial charge in [0.25, 0.3) is 5.91 Å². The van der Waals surface area contributed by atoms with Crippen LogP contribution in [-0.2, 0) is 4.79 Å². The molecule has 2 rings (SSSR count). The van der Waals surface area contributed by atoms with Gasteiger partial charge in [-0.05, 0) is 53.5 Å². The Hall–Kier alpha value is -1.05. The summed E-state index contributed by atoms with van der Waals surface area (Å²) in [5.74, 6) is 0.342. The van der Waals surface area contributed by atoms with Crippen molar-refractivity contribution in [2.75, 3.05) is 13.2 Å². The van der Waals surface area contributed by atoms with E-state index in [9.17, 15) is 9.90 Å². The number of phenolic OH excluding ortho intramolecular Hbond substituents is 1. The van der Waals surface area contributed by atoms with Gasteiger partial charge in [-0.25, -0.2) is 0 Å². The van der Waals surface area contributed by atoms with Gasteiger partial charge in [-0.2, -0.15) is 0 Å². The summed E-state index contributed by atoms with van der Waals surface area (Å²) < 4.78 is 6.46. The molecule has 7 heteroatoms. The summed E-state index contributed by atoms with van der Waals surface area (Å²) >= 11 is 9.74. The molecule has 0 atom stereocenters. The molecule has 4 nitrogen and oxygen atoms in total. The lowest BCUT2D eigenvalue weighted by atomic mass is 10.2. The lowest BCUT2D eigenvalue weighted by molar-refractivity contribution is -0.121. The lowest BCUT2D eigenvalue weighted by Crippen LogP contribution is -2.27. The summed E-state index contributed by atoms with van der Waals surface area (Å²) in [5.41, 5.74) is 0.764. The summed E-state index contributed by atoms with van der Waals surface area (Å²) in [4.78, 5) is 14.3. The molecule has 1 aromatic rings. The maximum Gasteiger partial charge on any atom is 0.266 e. The zero-order valence-corrected chi connectivity index (χ0v) is 14.8. The average molecular weight is 388 g/mol. The van der Waals surface area contributed by atoms with Crippen LogP contribution in [0.1, 0.15) is 19.4 Å². The number of benzene rings is 1. The Bertz CT molecular complexity index is 631.